The van der Waals surface area contributed by atoms with Crippen LogP contribution >= 0.6 is 0 Å². The molecule has 7 heteroatoms. The highest BCUT2D eigenvalue weighted by atomic mass is 16.5. The van der Waals surface area contributed by atoms with E-state index in [4.69, 9.17) is 19.4 Å². The normalized spacial score (nSPS) is 12.8. The van der Waals surface area contributed by atoms with Crippen molar-refractivity contribution in [3.8, 4) is 46.0 Å². The highest BCUT2D eigenvalue weighted by Gasteiger charge is 2.42. The van der Waals surface area contributed by atoms with Crippen molar-refractivity contribution in [2.24, 2.45) is 0 Å². The third kappa shape index (κ3) is 4.04. The van der Waals surface area contributed by atoms with E-state index in [0.29, 0.717) is 17.7 Å². The first-order valence-electron chi connectivity index (χ1n) is 17.9. The summed E-state index contributed by atoms with van der Waals surface area (Å²) in [5.41, 5.74) is 10.8. The fraction of sp³-hybridized carbons (Fsp3) is 0. The molecule has 3 aromatic heterocycles. The summed E-state index contributed by atoms with van der Waals surface area (Å²) in [5, 5.41) is 4.56. The number of ether oxygens (including phenoxy) is 2. The Morgan fingerprint density at radius 2 is 0.906 bits per heavy atom. The molecule has 0 atom stereocenters. The maximum absolute atomic E-state index is 6.57. The van der Waals surface area contributed by atoms with Gasteiger partial charge in [-0.2, -0.15) is 9.97 Å². The zero-order valence-electron chi connectivity index (χ0n) is 28.3. The van der Waals surface area contributed by atoms with Crippen molar-refractivity contribution in [1.82, 2.24) is 19.1 Å². The van der Waals surface area contributed by atoms with Gasteiger partial charge in [0, 0.05) is 27.2 Å². The summed E-state index contributed by atoms with van der Waals surface area (Å²) in [4.78, 5) is 10.4. The molecule has 53 heavy (non-hydrogen) atoms. The molecule has 0 aliphatic carbocycles. The lowest BCUT2D eigenvalue weighted by Crippen LogP contribution is -2.58. The van der Waals surface area contributed by atoms with Crippen LogP contribution in [0.4, 0.5) is 0 Å². The average molecular weight is 679 g/mol. The van der Waals surface area contributed by atoms with Crippen LogP contribution in [0.3, 0.4) is 0 Å². The Morgan fingerprint density at radius 1 is 0.415 bits per heavy atom. The monoisotopic (exact) mass is 678 g/mol. The SMILES string of the molecule is c1ccc(-c2ccc(-n3c4ccccc4c4cc5c(cc43)c3ccccc3n5-c3nc4c5c(n3)Oc3ccccc3B5c3ccccc3O4)cc2)cc1. The maximum Gasteiger partial charge on any atom is 0.265 e. The van der Waals surface area contributed by atoms with Crippen LogP contribution in [-0.4, -0.2) is 25.8 Å². The van der Waals surface area contributed by atoms with Crippen molar-refractivity contribution in [2.75, 3.05) is 0 Å². The Kier molecular flexibility index (Phi) is 5.77. The molecule has 7 aromatic carbocycles. The molecular formula is C46H27BN4O2. The van der Waals surface area contributed by atoms with Gasteiger partial charge in [0.1, 0.15) is 11.5 Å². The van der Waals surface area contributed by atoms with Crippen molar-refractivity contribution in [3.05, 3.63) is 164 Å². The molecule has 0 unspecified atom stereocenters. The molecular weight excluding hydrogens is 651 g/mol. The van der Waals surface area contributed by atoms with E-state index in [1.54, 1.807) is 0 Å². The van der Waals surface area contributed by atoms with E-state index in [2.05, 4.69) is 149 Å². The number of hydrogen-bond donors (Lipinski definition) is 0. The number of nitrogens with zero attached hydrogens (tertiary/aromatic N) is 4. The van der Waals surface area contributed by atoms with Gasteiger partial charge in [-0.3, -0.25) is 4.57 Å². The van der Waals surface area contributed by atoms with Crippen LogP contribution in [-0.2, 0) is 0 Å². The van der Waals surface area contributed by atoms with Crippen molar-refractivity contribution in [3.63, 3.8) is 0 Å². The maximum atomic E-state index is 6.57. The van der Waals surface area contributed by atoms with Gasteiger partial charge >= 0.3 is 0 Å². The Bertz CT molecular complexity index is 3060. The Balaban J connectivity index is 1.10. The molecule has 5 heterocycles. The van der Waals surface area contributed by atoms with Gasteiger partial charge in [-0.25, -0.2) is 0 Å². The molecule has 0 spiro atoms. The fourth-order valence-corrected chi connectivity index (χ4v) is 8.59. The van der Waals surface area contributed by atoms with Gasteiger partial charge in [-0.1, -0.05) is 115 Å². The molecule has 246 valence electrons. The summed E-state index contributed by atoms with van der Waals surface area (Å²) >= 11 is 0. The number of benzene rings is 7. The summed E-state index contributed by atoms with van der Waals surface area (Å²) in [6.07, 6.45) is 0. The average Bonchev–Trinajstić information content (AvgIpc) is 3.72. The van der Waals surface area contributed by atoms with Gasteiger partial charge in [0.15, 0.2) is 0 Å². The minimum Gasteiger partial charge on any atom is -0.440 e. The van der Waals surface area contributed by atoms with Crippen LogP contribution in [0.25, 0.3) is 66.4 Å². The van der Waals surface area contributed by atoms with E-state index in [1.807, 2.05) is 24.3 Å². The number of fused-ring (bicyclic) bond motifs is 10. The van der Waals surface area contributed by atoms with Gasteiger partial charge in [0.2, 0.25) is 17.7 Å². The molecule has 0 amide bonds. The molecule has 0 N–H and O–H groups in total. The van der Waals surface area contributed by atoms with Gasteiger partial charge in [-0.05, 0) is 70.6 Å². The summed E-state index contributed by atoms with van der Waals surface area (Å²) in [5.74, 6) is 3.13. The van der Waals surface area contributed by atoms with E-state index < -0.39 is 0 Å². The topological polar surface area (TPSA) is 54.1 Å². The van der Waals surface area contributed by atoms with E-state index in [9.17, 15) is 0 Å². The second kappa shape index (κ2) is 10.7. The van der Waals surface area contributed by atoms with Crippen LogP contribution in [0, 0.1) is 0 Å². The Morgan fingerprint density at radius 3 is 1.53 bits per heavy atom. The lowest BCUT2D eigenvalue weighted by Gasteiger charge is -2.31. The van der Waals surface area contributed by atoms with Crippen molar-refractivity contribution in [2.45, 2.75) is 0 Å². The minimum absolute atomic E-state index is 0.0883. The number of hydrogen-bond acceptors (Lipinski definition) is 4. The number of aromatic nitrogens is 4. The van der Waals surface area contributed by atoms with E-state index >= 15 is 0 Å². The molecule has 0 radical (unpaired) electrons. The molecule has 6 nitrogen and oxygen atoms in total. The molecule has 12 rings (SSSR count). The largest absolute Gasteiger partial charge is 0.440 e. The van der Waals surface area contributed by atoms with E-state index in [-0.39, 0.29) is 6.71 Å². The van der Waals surface area contributed by atoms with Crippen molar-refractivity contribution in [1.29, 1.82) is 0 Å². The Hall–Kier alpha value is -7.12. The van der Waals surface area contributed by atoms with Gasteiger partial charge in [0.05, 0.1) is 27.5 Å². The summed E-state index contributed by atoms with van der Waals surface area (Å²) in [6, 6.07) is 57.5. The predicted molar refractivity (Wildman–Crippen MR) is 214 cm³/mol. The van der Waals surface area contributed by atoms with Crippen molar-refractivity contribution >= 4 is 66.7 Å². The minimum atomic E-state index is -0.0883. The van der Waals surface area contributed by atoms with Crippen LogP contribution in [0.5, 0.6) is 23.3 Å². The molecule has 0 bridgehead atoms. The van der Waals surface area contributed by atoms with Crippen LogP contribution < -0.4 is 25.9 Å². The fourth-order valence-electron chi connectivity index (χ4n) is 8.59. The third-order valence-corrected chi connectivity index (χ3v) is 10.9. The van der Waals surface area contributed by atoms with Crippen LogP contribution in [0.15, 0.2) is 164 Å². The highest BCUT2D eigenvalue weighted by molar-refractivity contribution is 6.98. The standard InChI is InChI=1S/C46H27BN4O2/c1-2-12-28(13-3-1)29-22-24-30(25-23-29)50-37-18-8-4-14-31(37)33-27-40-34(26-39(33)50)32-15-5-9-19-38(32)51(40)46-48-44-43-45(49-46)53-42-21-11-7-17-36(42)47(43)35-16-6-10-20-41(35)52-44/h1-27H. The first kappa shape index (κ1) is 28.6. The second-order valence-electron chi connectivity index (χ2n) is 13.8. The smallest absolute Gasteiger partial charge is 0.265 e. The van der Waals surface area contributed by atoms with Crippen molar-refractivity contribution < 1.29 is 9.47 Å². The zero-order chi connectivity index (χ0) is 34.6. The van der Waals surface area contributed by atoms with Gasteiger partial charge in [-0.15, -0.1) is 0 Å². The molecule has 0 saturated carbocycles. The highest BCUT2D eigenvalue weighted by Crippen LogP contribution is 2.40. The zero-order valence-corrected chi connectivity index (χ0v) is 28.3. The quantitative estimate of drug-likeness (QED) is 0.175. The van der Waals surface area contributed by atoms with Crippen LogP contribution in [0.2, 0.25) is 0 Å². The van der Waals surface area contributed by atoms with E-state index in [0.717, 1.165) is 71.8 Å². The lowest BCUT2D eigenvalue weighted by molar-refractivity contribution is 0.437. The third-order valence-electron chi connectivity index (χ3n) is 10.9. The summed E-state index contributed by atoms with van der Waals surface area (Å²) in [7, 11) is 0. The Labute approximate surface area is 304 Å². The van der Waals surface area contributed by atoms with Gasteiger partial charge < -0.3 is 14.0 Å². The molecule has 2 aliphatic rings. The predicted octanol–water partition coefficient (Wildman–Crippen LogP) is 9.07. The lowest BCUT2D eigenvalue weighted by atomic mass is 9.35. The molecule has 2 aliphatic heterocycles. The van der Waals surface area contributed by atoms with Crippen LogP contribution in [0.1, 0.15) is 0 Å². The second-order valence-corrected chi connectivity index (χ2v) is 13.8. The number of rotatable bonds is 3. The first-order valence-corrected chi connectivity index (χ1v) is 17.9. The number of para-hydroxylation sites is 4. The molecule has 0 fully saturated rings. The van der Waals surface area contributed by atoms with Gasteiger partial charge in [0.25, 0.3) is 6.71 Å². The molecule has 0 saturated heterocycles. The molecule has 10 aromatic rings. The first-order chi connectivity index (χ1) is 26.3. The summed E-state index contributed by atoms with van der Waals surface area (Å²) in [6.45, 7) is -0.0883. The van der Waals surface area contributed by atoms with E-state index in [1.165, 1.54) is 16.5 Å². The summed E-state index contributed by atoms with van der Waals surface area (Å²) < 4.78 is 17.7.